The quantitative estimate of drug-likeness (QED) is 0.434. The molecule has 0 radical (unpaired) electrons. The second-order valence-electron chi connectivity index (χ2n) is 5.74. The van der Waals surface area contributed by atoms with Crippen LogP contribution < -0.4 is 15.4 Å². The summed E-state index contributed by atoms with van der Waals surface area (Å²) >= 11 is 5.20. The molecule has 0 bridgehead atoms. The molecule has 6 heteroatoms. The molecular weight excluding hydrogens is 348 g/mol. The van der Waals surface area contributed by atoms with Gasteiger partial charge in [0.15, 0.2) is 10.9 Å². The normalized spacial score (nSPS) is 10.1. The highest BCUT2D eigenvalue weighted by Gasteiger charge is 2.13. The van der Waals surface area contributed by atoms with E-state index in [4.69, 9.17) is 17.0 Å². The molecule has 0 aliphatic heterocycles. The average Bonchev–Trinajstić information content (AvgIpc) is 2.62. The summed E-state index contributed by atoms with van der Waals surface area (Å²) in [7, 11) is 0. The van der Waals surface area contributed by atoms with E-state index < -0.39 is 0 Å². The molecule has 26 heavy (non-hydrogen) atoms. The third-order valence-corrected chi connectivity index (χ3v) is 3.87. The first-order chi connectivity index (χ1) is 12.5. The van der Waals surface area contributed by atoms with Crippen molar-refractivity contribution < 1.29 is 14.3 Å². The zero-order valence-corrected chi connectivity index (χ0v) is 15.7. The van der Waals surface area contributed by atoms with Crippen molar-refractivity contribution in [3.63, 3.8) is 0 Å². The Labute approximate surface area is 158 Å². The summed E-state index contributed by atoms with van der Waals surface area (Å²) in [6.45, 7) is 4.15. The van der Waals surface area contributed by atoms with Crippen molar-refractivity contribution in [2.45, 2.75) is 26.7 Å². The van der Waals surface area contributed by atoms with Crippen LogP contribution in [0, 0.1) is 0 Å². The summed E-state index contributed by atoms with van der Waals surface area (Å²) in [4.78, 5) is 23.8. The first kappa shape index (κ1) is 19.6. The van der Waals surface area contributed by atoms with Crippen LogP contribution in [0.3, 0.4) is 0 Å². The molecule has 2 rings (SSSR count). The number of carbonyl (C=O) groups is 2. The lowest BCUT2D eigenvalue weighted by Gasteiger charge is -2.13. The van der Waals surface area contributed by atoms with Crippen molar-refractivity contribution >= 4 is 34.7 Å². The maximum absolute atomic E-state index is 12.5. The number of para-hydroxylation sites is 1. The smallest absolute Gasteiger partial charge is 0.261 e. The van der Waals surface area contributed by atoms with E-state index in [9.17, 15) is 9.59 Å². The van der Waals surface area contributed by atoms with Gasteiger partial charge >= 0.3 is 0 Å². The zero-order valence-electron chi connectivity index (χ0n) is 14.9. The summed E-state index contributed by atoms with van der Waals surface area (Å²) in [6.07, 6.45) is 1.94. The summed E-state index contributed by atoms with van der Waals surface area (Å²) in [6, 6.07) is 13.9. The fourth-order valence-corrected chi connectivity index (χ4v) is 2.44. The minimum Gasteiger partial charge on any atom is -0.493 e. The minimum atomic E-state index is -0.338. The number of carbonyl (C=O) groups excluding carboxylic acids is 2. The van der Waals surface area contributed by atoms with Gasteiger partial charge in [0.25, 0.3) is 5.91 Å². The molecule has 0 atom stereocenters. The lowest BCUT2D eigenvalue weighted by molar-refractivity contribution is 0.0972. The zero-order chi connectivity index (χ0) is 18.9. The Balaban J connectivity index is 1.98. The lowest BCUT2D eigenvalue weighted by atomic mass is 10.1. The fourth-order valence-electron chi connectivity index (χ4n) is 2.23. The number of anilines is 1. The van der Waals surface area contributed by atoms with E-state index in [1.54, 1.807) is 42.5 Å². The van der Waals surface area contributed by atoms with E-state index >= 15 is 0 Å². The van der Waals surface area contributed by atoms with Gasteiger partial charge in [-0.05, 0) is 62.0 Å². The Bertz CT molecular complexity index is 788. The molecule has 0 heterocycles. The van der Waals surface area contributed by atoms with Crippen LogP contribution in [0.15, 0.2) is 48.5 Å². The van der Waals surface area contributed by atoms with Gasteiger partial charge in [-0.3, -0.25) is 14.9 Å². The van der Waals surface area contributed by atoms with Crippen molar-refractivity contribution in [2.24, 2.45) is 0 Å². The van der Waals surface area contributed by atoms with E-state index in [2.05, 4.69) is 17.6 Å². The van der Waals surface area contributed by atoms with Crippen LogP contribution in [0.2, 0.25) is 0 Å². The molecule has 0 aromatic heterocycles. The van der Waals surface area contributed by atoms with E-state index in [1.165, 1.54) is 6.92 Å². The van der Waals surface area contributed by atoms with Gasteiger partial charge in [0.05, 0.1) is 12.2 Å². The highest BCUT2D eigenvalue weighted by atomic mass is 32.1. The molecular formula is C20H22N2O3S. The van der Waals surface area contributed by atoms with Crippen LogP contribution in [0.4, 0.5) is 5.69 Å². The first-order valence-corrected chi connectivity index (χ1v) is 8.87. The Morgan fingerprint density at radius 2 is 1.77 bits per heavy atom. The molecule has 2 aromatic carbocycles. The predicted octanol–water partition coefficient (Wildman–Crippen LogP) is 4.19. The van der Waals surface area contributed by atoms with E-state index in [0.717, 1.165) is 12.8 Å². The predicted molar refractivity (Wildman–Crippen MR) is 107 cm³/mol. The van der Waals surface area contributed by atoms with Gasteiger partial charge in [-0.25, -0.2) is 0 Å². The number of thiocarbonyl (C=S) groups is 1. The van der Waals surface area contributed by atoms with Crippen LogP contribution in [0.1, 0.15) is 47.4 Å². The maximum Gasteiger partial charge on any atom is 0.261 e. The Hall–Kier alpha value is -2.73. The van der Waals surface area contributed by atoms with Crippen LogP contribution in [-0.4, -0.2) is 23.4 Å². The van der Waals surface area contributed by atoms with Gasteiger partial charge < -0.3 is 10.1 Å². The number of nitrogens with one attached hydrogen (secondary N) is 2. The summed E-state index contributed by atoms with van der Waals surface area (Å²) in [5, 5.41) is 5.75. The van der Waals surface area contributed by atoms with Crippen molar-refractivity contribution in [2.75, 3.05) is 11.9 Å². The summed E-state index contributed by atoms with van der Waals surface area (Å²) in [5.41, 5.74) is 1.73. The molecule has 0 saturated carbocycles. The molecule has 0 fully saturated rings. The first-order valence-electron chi connectivity index (χ1n) is 8.46. The Morgan fingerprint density at radius 1 is 1.08 bits per heavy atom. The number of amides is 1. The fraction of sp³-hybridized carbons (Fsp3) is 0.250. The molecule has 1 amide bonds. The number of benzene rings is 2. The maximum atomic E-state index is 12.5. The molecule has 2 aromatic rings. The van der Waals surface area contributed by atoms with Gasteiger partial charge in [-0.1, -0.05) is 25.5 Å². The van der Waals surface area contributed by atoms with Crippen molar-refractivity contribution in [1.29, 1.82) is 0 Å². The van der Waals surface area contributed by atoms with Gasteiger partial charge in [-0.15, -0.1) is 0 Å². The summed E-state index contributed by atoms with van der Waals surface area (Å²) in [5.74, 6) is 0.189. The van der Waals surface area contributed by atoms with Crippen LogP contribution in [0.5, 0.6) is 5.75 Å². The number of hydrogen-bond donors (Lipinski definition) is 2. The number of Topliss-reactive ketones (excluding diaryl/α,β-unsaturated/α-hetero) is 1. The van der Waals surface area contributed by atoms with Crippen molar-refractivity contribution in [1.82, 2.24) is 5.32 Å². The van der Waals surface area contributed by atoms with E-state index in [-0.39, 0.29) is 16.8 Å². The highest BCUT2D eigenvalue weighted by molar-refractivity contribution is 7.80. The molecule has 136 valence electrons. The van der Waals surface area contributed by atoms with Crippen LogP contribution in [0.25, 0.3) is 0 Å². The van der Waals surface area contributed by atoms with Gasteiger partial charge in [-0.2, -0.15) is 0 Å². The molecule has 2 N–H and O–H groups in total. The SMILES string of the molecule is CCCCOc1ccccc1C(=O)NC(=S)Nc1ccc(C(C)=O)cc1. The van der Waals surface area contributed by atoms with Gasteiger partial charge in [0, 0.05) is 11.3 Å². The van der Waals surface area contributed by atoms with E-state index in [1.807, 2.05) is 6.07 Å². The lowest BCUT2D eigenvalue weighted by Crippen LogP contribution is -2.34. The monoisotopic (exact) mass is 370 g/mol. The number of hydrogen-bond acceptors (Lipinski definition) is 4. The second-order valence-corrected chi connectivity index (χ2v) is 6.15. The van der Waals surface area contributed by atoms with Crippen molar-refractivity contribution in [3.05, 3.63) is 59.7 Å². The molecule has 0 spiro atoms. The molecule has 0 unspecified atom stereocenters. The molecule has 0 saturated heterocycles. The number of rotatable bonds is 7. The highest BCUT2D eigenvalue weighted by Crippen LogP contribution is 2.18. The third kappa shape index (κ3) is 5.67. The average molecular weight is 370 g/mol. The number of unbranched alkanes of at least 4 members (excludes halogenated alkanes) is 1. The Morgan fingerprint density at radius 3 is 2.42 bits per heavy atom. The summed E-state index contributed by atoms with van der Waals surface area (Å²) < 4.78 is 5.68. The van der Waals surface area contributed by atoms with Crippen LogP contribution >= 0.6 is 12.2 Å². The standard InChI is InChI=1S/C20H22N2O3S/c1-3-4-13-25-18-8-6-5-7-17(18)19(24)22-20(26)21-16-11-9-15(10-12-16)14(2)23/h5-12H,3-4,13H2,1-2H3,(H2,21,22,24,26). The molecule has 0 aliphatic carbocycles. The van der Waals surface area contributed by atoms with E-state index in [0.29, 0.717) is 29.2 Å². The largest absolute Gasteiger partial charge is 0.493 e. The Kier molecular flexibility index (Phi) is 7.29. The molecule has 5 nitrogen and oxygen atoms in total. The third-order valence-electron chi connectivity index (χ3n) is 3.66. The number of ether oxygens (including phenoxy) is 1. The second kappa shape index (κ2) is 9.68. The van der Waals surface area contributed by atoms with Crippen LogP contribution in [-0.2, 0) is 0 Å². The minimum absolute atomic E-state index is 0.00731. The number of ketones is 1. The topological polar surface area (TPSA) is 67.4 Å². The van der Waals surface area contributed by atoms with Gasteiger partial charge in [0.1, 0.15) is 5.75 Å². The van der Waals surface area contributed by atoms with Gasteiger partial charge in [0.2, 0.25) is 0 Å². The molecule has 0 aliphatic rings. The van der Waals surface area contributed by atoms with Crippen molar-refractivity contribution in [3.8, 4) is 5.75 Å².